The van der Waals surface area contributed by atoms with Crippen molar-refractivity contribution in [2.45, 2.75) is 25.2 Å². The Hall–Kier alpha value is -1.18. The zero-order valence-corrected chi connectivity index (χ0v) is 12.9. The maximum Gasteiger partial charge on any atom is 0.573 e. The molecular weight excluding hydrogens is 323 g/mol. The summed E-state index contributed by atoms with van der Waals surface area (Å²) in [6.07, 6.45) is -3.18. The molecule has 2 rings (SSSR count). The van der Waals surface area contributed by atoms with Gasteiger partial charge < -0.3 is 19.9 Å². The Kier molecular flexibility index (Phi) is 6.77. The molecule has 1 atom stereocenters. The fourth-order valence-electron chi connectivity index (χ4n) is 2.50. The van der Waals surface area contributed by atoms with Gasteiger partial charge >= 0.3 is 6.36 Å². The van der Waals surface area contributed by atoms with Crippen molar-refractivity contribution in [2.75, 3.05) is 20.3 Å². The van der Waals surface area contributed by atoms with Gasteiger partial charge in [0.05, 0.1) is 7.11 Å². The fourth-order valence-corrected chi connectivity index (χ4v) is 2.50. The summed E-state index contributed by atoms with van der Waals surface area (Å²) >= 11 is 0. The molecule has 1 aliphatic rings. The summed E-state index contributed by atoms with van der Waals surface area (Å²) in [5.41, 5.74) is 6.73. The molecule has 0 amide bonds. The first-order valence-corrected chi connectivity index (χ1v) is 6.67. The van der Waals surface area contributed by atoms with Crippen molar-refractivity contribution in [2.24, 2.45) is 11.7 Å². The van der Waals surface area contributed by atoms with Crippen LogP contribution in [0.5, 0.6) is 11.5 Å². The summed E-state index contributed by atoms with van der Waals surface area (Å²) in [4.78, 5) is 0. The summed E-state index contributed by atoms with van der Waals surface area (Å²) in [6.45, 7) is 1.22. The largest absolute Gasteiger partial charge is 0.573 e. The minimum Gasteiger partial charge on any atom is -0.496 e. The van der Waals surface area contributed by atoms with E-state index in [2.05, 4.69) is 4.74 Å². The Morgan fingerprint density at radius 2 is 1.91 bits per heavy atom. The molecule has 1 fully saturated rings. The van der Waals surface area contributed by atoms with E-state index in [-0.39, 0.29) is 24.1 Å². The van der Waals surface area contributed by atoms with Crippen LogP contribution < -0.4 is 15.2 Å². The fraction of sp³-hybridized carbons (Fsp3) is 0.571. The van der Waals surface area contributed by atoms with Gasteiger partial charge in [-0.3, -0.25) is 0 Å². The van der Waals surface area contributed by atoms with Crippen LogP contribution in [0.1, 0.15) is 24.4 Å². The molecular formula is C14H19ClF3NO3. The molecule has 1 aliphatic heterocycles. The van der Waals surface area contributed by atoms with Crippen molar-refractivity contribution in [1.82, 2.24) is 0 Å². The lowest BCUT2D eigenvalue weighted by atomic mass is 9.87. The summed E-state index contributed by atoms with van der Waals surface area (Å²) in [6, 6.07) is 3.54. The Labute approximate surface area is 133 Å². The monoisotopic (exact) mass is 341 g/mol. The van der Waals surface area contributed by atoms with E-state index in [4.69, 9.17) is 15.2 Å². The molecule has 0 aliphatic carbocycles. The number of alkyl halides is 3. The third-order valence-corrected chi connectivity index (χ3v) is 3.57. The van der Waals surface area contributed by atoms with E-state index in [9.17, 15) is 13.2 Å². The zero-order valence-electron chi connectivity index (χ0n) is 12.1. The van der Waals surface area contributed by atoms with Gasteiger partial charge in [0.15, 0.2) is 0 Å². The second-order valence-corrected chi connectivity index (χ2v) is 4.93. The molecule has 0 unspecified atom stereocenters. The third-order valence-electron chi connectivity index (χ3n) is 3.57. The molecule has 0 aromatic heterocycles. The number of halogens is 4. The molecule has 8 heteroatoms. The smallest absolute Gasteiger partial charge is 0.496 e. The molecule has 0 bridgehead atoms. The summed E-state index contributed by atoms with van der Waals surface area (Å²) in [5.74, 6) is 0.318. The standard InChI is InChI=1S/C14H18F3NO3.ClH/c1-19-12-3-2-10(21-14(15,16)17)8-11(12)13(18)9-4-6-20-7-5-9;/h2-3,8-9,13H,4-7,18H2,1H3;1H/t13-;/m1./s1. The number of hydrogen-bond donors (Lipinski definition) is 1. The van der Waals surface area contributed by atoms with Crippen LogP contribution in [0, 0.1) is 5.92 Å². The van der Waals surface area contributed by atoms with Crippen LogP contribution in [0.4, 0.5) is 13.2 Å². The third kappa shape index (κ3) is 4.93. The van der Waals surface area contributed by atoms with Crippen LogP contribution in [0.25, 0.3) is 0 Å². The summed E-state index contributed by atoms with van der Waals surface area (Å²) in [5, 5.41) is 0. The Morgan fingerprint density at radius 1 is 1.27 bits per heavy atom. The number of ether oxygens (including phenoxy) is 3. The van der Waals surface area contributed by atoms with E-state index >= 15 is 0 Å². The average Bonchev–Trinajstić information content (AvgIpc) is 2.45. The Balaban J connectivity index is 0.00000242. The summed E-state index contributed by atoms with van der Waals surface area (Å²) < 4.78 is 51.3. The number of methoxy groups -OCH3 is 1. The van der Waals surface area contributed by atoms with E-state index in [1.54, 1.807) is 0 Å². The lowest BCUT2D eigenvalue weighted by Crippen LogP contribution is -2.28. The number of nitrogens with two attached hydrogens (primary N) is 1. The highest BCUT2D eigenvalue weighted by Crippen LogP contribution is 2.36. The van der Waals surface area contributed by atoms with Crippen LogP contribution in [-0.4, -0.2) is 26.7 Å². The molecule has 4 nitrogen and oxygen atoms in total. The first-order valence-electron chi connectivity index (χ1n) is 6.67. The van der Waals surface area contributed by atoms with Gasteiger partial charge in [-0.25, -0.2) is 0 Å². The van der Waals surface area contributed by atoms with Crippen LogP contribution in [0.3, 0.4) is 0 Å². The molecule has 1 saturated heterocycles. The van der Waals surface area contributed by atoms with Crippen LogP contribution in [0.15, 0.2) is 18.2 Å². The number of hydrogen-bond acceptors (Lipinski definition) is 4. The summed E-state index contributed by atoms with van der Waals surface area (Å²) in [7, 11) is 1.46. The first-order chi connectivity index (χ1) is 9.90. The molecule has 1 heterocycles. The van der Waals surface area contributed by atoms with Crippen molar-refractivity contribution >= 4 is 12.4 Å². The van der Waals surface area contributed by atoms with E-state index in [0.29, 0.717) is 24.5 Å². The predicted octanol–water partition coefficient (Wildman–Crippen LogP) is 3.44. The van der Waals surface area contributed by atoms with Crippen molar-refractivity contribution in [1.29, 1.82) is 0 Å². The highest BCUT2D eigenvalue weighted by Gasteiger charge is 2.32. The molecule has 126 valence electrons. The second-order valence-electron chi connectivity index (χ2n) is 4.93. The minimum absolute atomic E-state index is 0. The Morgan fingerprint density at radius 3 is 2.45 bits per heavy atom. The average molecular weight is 342 g/mol. The lowest BCUT2D eigenvalue weighted by Gasteiger charge is -2.29. The van der Waals surface area contributed by atoms with E-state index < -0.39 is 12.4 Å². The van der Waals surface area contributed by atoms with Gasteiger partial charge in [0, 0.05) is 24.8 Å². The van der Waals surface area contributed by atoms with Gasteiger partial charge in [-0.15, -0.1) is 25.6 Å². The normalized spacial score (nSPS) is 17.5. The maximum absolute atomic E-state index is 12.3. The van der Waals surface area contributed by atoms with E-state index in [1.807, 2.05) is 0 Å². The van der Waals surface area contributed by atoms with Gasteiger partial charge in [-0.05, 0) is 37.0 Å². The van der Waals surface area contributed by atoms with Gasteiger partial charge in [0.2, 0.25) is 0 Å². The number of benzene rings is 1. The van der Waals surface area contributed by atoms with Gasteiger partial charge in [-0.1, -0.05) is 0 Å². The van der Waals surface area contributed by atoms with Crippen molar-refractivity contribution in [3.05, 3.63) is 23.8 Å². The first kappa shape index (κ1) is 18.9. The van der Waals surface area contributed by atoms with Crippen LogP contribution >= 0.6 is 12.4 Å². The van der Waals surface area contributed by atoms with Crippen LogP contribution in [-0.2, 0) is 4.74 Å². The van der Waals surface area contributed by atoms with Crippen LogP contribution in [0.2, 0.25) is 0 Å². The lowest BCUT2D eigenvalue weighted by molar-refractivity contribution is -0.274. The molecule has 0 radical (unpaired) electrons. The topological polar surface area (TPSA) is 53.7 Å². The number of rotatable bonds is 4. The van der Waals surface area contributed by atoms with E-state index in [1.165, 1.54) is 25.3 Å². The Bertz CT molecular complexity index is 479. The molecule has 0 spiro atoms. The van der Waals surface area contributed by atoms with Gasteiger partial charge in [-0.2, -0.15) is 0 Å². The predicted molar refractivity (Wildman–Crippen MR) is 77.4 cm³/mol. The highest BCUT2D eigenvalue weighted by atomic mass is 35.5. The zero-order chi connectivity index (χ0) is 15.5. The van der Waals surface area contributed by atoms with Gasteiger partial charge in [0.1, 0.15) is 11.5 Å². The van der Waals surface area contributed by atoms with Crippen molar-refractivity contribution in [3.8, 4) is 11.5 Å². The SMILES string of the molecule is COc1ccc(OC(F)(F)F)cc1[C@H](N)C1CCOCC1.Cl. The molecule has 2 N–H and O–H groups in total. The molecule has 1 aromatic rings. The van der Waals surface area contributed by atoms with Gasteiger partial charge in [0.25, 0.3) is 0 Å². The maximum atomic E-state index is 12.3. The molecule has 0 saturated carbocycles. The van der Waals surface area contributed by atoms with Crippen molar-refractivity contribution in [3.63, 3.8) is 0 Å². The highest BCUT2D eigenvalue weighted by molar-refractivity contribution is 5.85. The second kappa shape index (κ2) is 7.89. The van der Waals surface area contributed by atoms with E-state index in [0.717, 1.165) is 12.8 Å². The molecule has 22 heavy (non-hydrogen) atoms. The van der Waals surface area contributed by atoms with Crippen molar-refractivity contribution < 1.29 is 27.4 Å². The minimum atomic E-state index is -4.73. The molecule has 1 aromatic carbocycles. The quantitative estimate of drug-likeness (QED) is 0.911.